The molecule has 2 heterocycles. The first-order valence-electron chi connectivity index (χ1n) is 13.2. The summed E-state index contributed by atoms with van der Waals surface area (Å²) in [5, 5.41) is 12.4. The summed E-state index contributed by atoms with van der Waals surface area (Å²) in [4.78, 5) is 41.9. The number of benzene rings is 2. The van der Waals surface area contributed by atoms with E-state index in [1.165, 1.54) is 36.1 Å². The summed E-state index contributed by atoms with van der Waals surface area (Å²) >= 11 is 12.5. The maximum absolute atomic E-state index is 15.2. The highest BCUT2D eigenvalue weighted by molar-refractivity contribution is 6.38. The summed E-state index contributed by atoms with van der Waals surface area (Å²) in [5.74, 6) is -7.77. The van der Waals surface area contributed by atoms with Crippen molar-refractivity contribution in [3.05, 3.63) is 57.6 Å². The second-order valence-electron chi connectivity index (χ2n) is 11.2. The minimum absolute atomic E-state index is 0.0116. The van der Waals surface area contributed by atoms with Crippen LogP contribution in [-0.4, -0.2) is 52.8 Å². The molecule has 0 radical (unpaired) electrons. The Balaban J connectivity index is 1.58. The lowest BCUT2D eigenvalue weighted by Gasteiger charge is -2.42. The minimum Gasteiger partial charge on any atom is -0.481 e. The predicted octanol–water partition coefficient (Wildman–Crippen LogP) is 6.42. The van der Waals surface area contributed by atoms with Crippen LogP contribution in [0.4, 0.5) is 33.3 Å². The van der Waals surface area contributed by atoms with Gasteiger partial charge in [-0.15, -0.1) is 0 Å². The molecular formula is C28H26Cl2F5N3O4. The van der Waals surface area contributed by atoms with E-state index in [2.05, 4.69) is 5.32 Å². The van der Waals surface area contributed by atoms with Crippen molar-refractivity contribution in [1.82, 2.24) is 4.90 Å². The number of likely N-dealkylation sites (tertiary alicyclic amines) is 1. The van der Waals surface area contributed by atoms with Gasteiger partial charge in [0.2, 0.25) is 11.8 Å². The Morgan fingerprint density at radius 2 is 1.88 bits per heavy atom. The standard InChI is InChI=1S/C28H26Cl2F5N3O4/c1-14(24(41)37(12-15-5-6-15)18-4-2-3-16(7-18)28(33,34)35)21-10-26(31,32)13-38(21)27(11-22(39)40)19-8-17(29)9-20(30)23(19)36-25(27)42/h2-4,7-9,14-15,21H,5-6,10-13H2,1H3,(H,36,42)(H,39,40)/t14-,21-,27-/m1/s1. The zero-order valence-electron chi connectivity index (χ0n) is 22.2. The molecule has 0 spiro atoms. The Bertz CT molecular complexity index is 1450. The first kappa shape index (κ1) is 30.5. The number of fused-ring (bicyclic) bond motifs is 1. The molecule has 0 unspecified atom stereocenters. The van der Waals surface area contributed by atoms with Gasteiger partial charge in [0, 0.05) is 35.3 Å². The zero-order chi connectivity index (χ0) is 30.8. The molecular weight excluding hydrogens is 608 g/mol. The van der Waals surface area contributed by atoms with Crippen LogP contribution in [0, 0.1) is 11.8 Å². The fraction of sp³-hybridized carbons (Fsp3) is 0.464. The number of aliphatic carboxylic acids is 1. The molecule has 226 valence electrons. The molecule has 5 rings (SSSR count). The van der Waals surface area contributed by atoms with E-state index in [1.54, 1.807) is 0 Å². The molecule has 7 nitrogen and oxygen atoms in total. The third-order valence-corrected chi connectivity index (χ3v) is 8.69. The number of anilines is 2. The van der Waals surface area contributed by atoms with Crippen LogP contribution in [0.25, 0.3) is 0 Å². The molecule has 2 N–H and O–H groups in total. The molecule has 1 saturated heterocycles. The number of carbonyl (C=O) groups is 3. The predicted molar refractivity (Wildman–Crippen MR) is 145 cm³/mol. The van der Waals surface area contributed by atoms with E-state index < -0.39 is 72.3 Å². The van der Waals surface area contributed by atoms with Crippen LogP contribution in [0.15, 0.2) is 36.4 Å². The van der Waals surface area contributed by atoms with Gasteiger partial charge in [0.25, 0.3) is 5.92 Å². The summed E-state index contributed by atoms with van der Waals surface area (Å²) in [5.41, 5.74) is -3.18. The number of nitrogens with one attached hydrogen (secondary N) is 1. The van der Waals surface area contributed by atoms with E-state index in [0.29, 0.717) is 0 Å². The molecule has 42 heavy (non-hydrogen) atoms. The van der Waals surface area contributed by atoms with Crippen molar-refractivity contribution in [3.8, 4) is 0 Å². The van der Waals surface area contributed by atoms with E-state index in [9.17, 15) is 32.7 Å². The van der Waals surface area contributed by atoms with E-state index in [-0.39, 0.29) is 39.4 Å². The number of carboxylic acids is 1. The van der Waals surface area contributed by atoms with E-state index in [0.717, 1.165) is 29.9 Å². The molecule has 2 fully saturated rings. The summed E-state index contributed by atoms with van der Waals surface area (Å²) in [6.07, 6.45) is -4.99. The van der Waals surface area contributed by atoms with Gasteiger partial charge < -0.3 is 15.3 Å². The maximum atomic E-state index is 15.2. The van der Waals surface area contributed by atoms with Gasteiger partial charge in [0.15, 0.2) is 0 Å². The number of carbonyl (C=O) groups excluding carboxylic acids is 2. The zero-order valence-corrected chi connectivity index (χ0v) is 23.7. The first-order chi connectivity index (χ1) is 19.5. The quantitative estimate of drug-likeness (QED) is 0.327. The van der Waals surface area contributed by atoms with E-state index in [4.69, 9.17) is 23.2 Å². The molecule has 1 saturated carbocycles. The van der Waals surface area contributed by atoms with E-state index in [1.807, 2.05) is 0 Å². The molecule has 3 atom stereocenters. The third-order valence-electron chi connectivity index (χ3n) is 8.18. The van der Waals surface area contributed by atoms with Crippen molar-refractivity contribution >= 4 is 52.4 Å². The molecule has 2 aromatic carbocycles. The average molecular weight is 634 g/mol. The van der Waals surface area contributed by atoms with Crippen molar-refractivity contribution in [2.45, 2.75) is 56.3 Å². The molecule has 3 aliphatic rings. The fourth-order valence-electron chi connectivity index (χ4n) is 6.00. The van der Waals surface area contributed by atoms with Crippen molar-refractivity contribution < 1.29 is 41.4 Å². The number of nitrogens with zero attached hydrogens (tertiary/aromatic N) is 2. The normalized spacial score (nSPS) is 24.3. The lowest BCUT2D eigenvalue weighted by molar-refractivity contribution is -0.147. The third kappa shape index (κ3) is 5.56. The molecule has 1 aliphatic carbocycles. The Hall–Kier alpha value is -2.96. The summed E-state index contributed by atoms with van der Waals surface area (Å²) in [6.45, 7) is 0.399. The molecule has 14 heteroatoms. The number of alkyl halides is 5. The number of carboxylic acid groups (broad SMARTS) is 1. The summed E-state index contributed by atoms with van der Waals surface area (Å²) in [6, 6.07) is 5.45. The smallest absolute Gasteiger partial charge is 0.416 e. The highest BCUT2D eigenvalue weighted by Crippen LogP contribution is 2.52. The van der Waals surface area contributed by atoms with Crippen LogP contribution < -0.4 is 10.2 Å². The SMILES string of the molecule is C[C@@H](C(=O)N(CC1CC1)c1cccc(C(F)(F)F)c1)[C@H]1CC(F)(F)CN1[C@@]1(CC(=O)O)C(=O)Nc2c(Cl)cc(Cl)cc21. The largest absolute Gasteiger partial charge is 0.481 e. The highest BCUT2D eigenvalue weighted by atomic mass is 35.5. The van der Waals surface area contributed by atoms with Crippen LogP contribution in [-0.2, 0) is 26.1 Å². The monoisotopic (exact) mass is 633 g/mol. The Labute approximate surface area is 247 Å². The number of halogens is 7. The number of rotatable bonds is 8. The van der Waals surface area contributed by atoms with Crippen LogP contribution in [0.5, 0.6) is 0 Å². The average Bonchev–Trinajstić information content (AvgIpc) is 3.60. The van der Waals surface area contributed by atoms with Crippen LogP contribution in [0.2, 0.25) is 10.0 Å². The second kappa shape index (κ2) is 10.6. The minimum atomic E-state index is -4.67. The molecule has 0 bridgehead atoms. The highest BCUT2D eigenvalue weighted by Gasteiger charge is 2.62. The van der Waals surface area contributed by atoms with Crippen molar-refractivity contribution in [3.63, 3.8) is 0 Å². The second-order valence-corrected chi connectivity index (χ2v) is 12.0. The Kier molecular flexibility index (Phi) is 7.72. The maximum Gasteiger partial charge on any atom is 0.416 e. The Morgan fingerprint density at radius 1 is 1.19 bits per heavy atom. The van der Waals surface area contributed by atoms with Crippen LogP contribution >= 0.6 is 23.2 Å². The van der Waals surface area contributed by atoms with Gasteiger partial charge in [0.05, 0.1) is 35.2 Å². The van der Waals surface area contributed by atoms with Gasteiger partial charge in [0.1, 0.15) is 5.54 Å². The van der Waals surface area contributed by atoms with E-state index >= 15 is 8.78 Å². The van der Waals surface area contributed by atoms with Gasteiger partial charge in [-0.3, -0.25) is 19.3 Å². The lowest BCUT2D eigenvalue weighted by atomic mass is 9.83. The molecule has 0 aromatic heterocycles. The first-order valence-corrected chi connectivity index (χ1v) is 13.9. The number of hydrogen-bond donors (Lipinski definition) is 2. The van der Waals surface area contributed by atoms with Gasteiger partial charge >= 0.3 is 12.1 Å². The van der Waals surface area contributed by atoms with Gasteiger partial charge in [-0.2, -0.15) is 13.2 Å². The topological polar surface area (TPSA) is 90.0 Å². The summed E-state index contributed by atoms with van der Waals surface area (Å²) in [7, 11) is 0. The molecule has 2 aliphatic heterocycles. The van der Waals surface area contributed by atoms with Crippen molar-refractivity contribution in [2.75, 3.05) is 23.3 Å². The lowest BCUT2D eigenvalue weighted by Crippen LogP contribution is -2.57. The molecule has 2 amide bonds. The Morgan fingerprint density at radius 3 is 2.50 bits per heavy atom. The van der Waals surface area contributed by atoms with Crippen LogP contribution in [0.3, 0.4) is 0 Å². The molecule has 2 aromatic rings. The summed E-state index contributed by atoms with van der Waals surface area (Å²) < 4.78 is 70.8. The number of hydrogen-bond acceptors (Lipinski definition) is 4. The van der Waals surface area contributed by atoms with Gasteiger partial charge in [-0.05, 0) is 49.1 Å². The van der Waals surface area contributed by atoms with Crippen molar-refractivity contribution in [1.29, 1.82) is 0 Å². The van der Waals surface area contributed by atoms with Gasteiger partial charge in [-0.25, -0.2) is 8.78 Å². The van der Waals surface area contributed by atoms with Gasteiger partial charge in [-0.1, -0.05) is 36.2 Å². The fourth-order valence-corrected chi connectivity index (χ4v) is 6.54. The number of amides is 2. The van der Waals surface area contributed by atoms with Crippen LogP contribution in [0.1, 0.15) is 43.7 Å². The van der Waals surface area contributed by atoms with Crippen molar-refractivity contribution in [2.24, 2.45) is 11.8 Å².